The number of carbonyl (C=O) groups is 1. The van der Waals surface area contributed by atoms with E-state index in [1.54, 1.807) is 0 Å². The number of aromatic nitrogens is 1. The molecule has 1 saturated carbocycles. The Bertz CT molecular complexity index is 1080. The first-order chi connectivity index (χ1) is 14.4. The molecule has 30 heavy (non-hydrogen) atoms. The zero-order chi connectivity index (χ0) is 20.9. The number of nitrogens with one attached hydrogen (secondary N) is 1. The van der Waals surface area contributed by atoms with E-state index >= 15 is 0 Å². The van der Waals surface area contributed by atoms with Gasteiger partial charge < -0.3 is 9.88 Å². The van der Waals surface area contributed by atoms with Crippen LogP contribution >= 0.6 is 0 Å². The molecule has 2 aliphatic rings. The van der Waals surface area contributed by atoms with Gasteiger partial charge in [0.05, 0.1) is 17.8 Å². The molecule has 1 spiro atoms. The molecule has 0 atom stereocenters. The number of carbonyl (C=O) groups excluding carboxylic acids is 1. The first-order valence-electron chi connectivity index (χ1n) is 10.8. The minimum Gasteiger partial charge on any atom is -0.350 e. The van der Waals surface area contributed by atoms with Crippen LogP contribution in [0.2, 0.25) is 0 Å². The summed E-state index contributed by atoms with van der Waals surface area (Å²) < 4.78 is 2.11. The second kappa shape index (κ2) is 6.88. The van der Waals surface area contributed by atoms with Gasteiger partial charge in [0, 0.05) is 29.7 Å². The summed E-state index contributed by atoms with van der Waals surface area (Å²) >= 11 is 0. The van der Waals surface area contributed by atoms with Crippen molar-refractivity contribution in [1.82, 2.24) is 14.8 Å². The fourth-order valence-corrected chi connectivity index (χ4v) is 5.59. The van der Waals surface area contributed by atoms with Gasteiger partial charge in [0.25, 0.3) is 0 Å². The van der Waals surface area contributed by atoms with Crippen molar-refractivity contribution in [2.75, 3.05) is 25.5 Å². The van der Waals surface area contributed by atoms with Crippen LogP contribution < -0.4 is 10.2 Å². The minimum absolute atomic E-state index is 0.0309. The molecule has 2 fully saturated rings. The summed E-state index contributed by atoms with van der Waals surface area (Å²) in [6, 6.07) is 19.2. The molecule has 5 rings (SSSR count). The largest absolute Gasteiger partial charge is 0.350 e. The van der Waals surface area contributed by atoms with Crippen molar-refractivity contribution in [3.63, 3.8) is 0 Å². The number of anilines is 1. The van der Waals surface area contributed by atoms with Crippen LogP contribution in [0.4, 0.5) is 10.5 Å². The Morgan fingerprint density at radius 3 is 2.37 bits per heavy atom. The minimum atomic E-state index is -0.150. The van der Waals surface area contributed by atoms with Gasteiger partial charge in [0.15, 0.2) is 0 Å². The van der Waals surface area contributed by atoms with Crippen LogP contribution in [-0.4, -0.2) is 41.7 Å². The third kappa shape index (κ3) is 2.83. The van der Waals surface area contributed by atoms with E-state index in [-0.39, 0.29) is 17.1 Å². The van der Waals surface area contributed by atoms with E-state index in [1.807, 2.05) is 18.0 Å². The quantitative estimate of drug-likeness (QED) is 0.702. The van der Waals surface area contributed by atoms with Crippen LogP contribution in [0.3, 0.4) is 0 Å². The fourth-order valence-electron chi connectivity index (χ4n) is 5.59. The molecule has 156 valence electrons. The summed E-state index contributed by atoms with van der Waals surface area (Å²) in [4.78, 5) is 17.4. The van der Waals surface area contributed by atoms with Crippen molar-refractivity contribution >= 4 is 22.6 Å². The lowest BCUT2D eigenvalue weighted by Gasteiger charge is -2.48. The van der Waals surface area contributed by atoms with Crippen molar-refractivity contribution in [3.05, 3.63) is 66.4 Å². The molecule has 5 nitrogen and oxygen atoms in total. The molecule has 5 heteroatoms. The maximum absolute atomic E-state index is 13.1. The number of rotatable bonds is 3. The third-order valence-corrected chi connectivity index (χ3v) is 7.48. The Hall–Kier alpha value is -2.79. The van der Waals surface area contributed by atoms with E-state index in [4.69, 9.17) is 0 Å². The normalized spacial score (nSPS) is 26.7. The molecule has 2 amide bonds. The Morgan fingerprint density at radius 2 is 1.67 bits per heavy atom. The summed E-state index contributed by atoms with van der Waals surface area (Å²) in [5, 5.41) is 4.51. The van der Waals surface area contributed by atoms with Crippen LogP contribution in [0.5, 0.6) is 0 Å². The highest BCUT2D eigenvalue weighted by Gasteiger charge is 2.50. The molecule has 0 bridgehead atoms. The Balaban J connectivity index is 1.42. The highest BCUT2D eigenvalue weighted by Crippen LogP contribution is 2.46. The van der Waals surface area contributed by atoms with Crippen molar-refractivity contribution in [1.29, 1.82) is 0 Å². The lowest BCUT2D eigenvalue weighted by Crippen LogP contribution is -2.54. The van der Waals surface area contributed by atoms with Crippen LogP contribution in [0.15, 0.2) is 60.8 Å². The van der Waals surface area contributed by atoms with Crippen LogP contribution in [0, 0.1) is 0 Å². The first kappa shape index (κ1) is 19.2. The highest BCUT2D eigenvalue weighted by atomic mass is 16.2. The van der Waals surface area contributed by atoms with E-state index in [1.165, 1.54) is 5.56 Å². The third-order valence-electron chi connectivity index (χ3n) is 7.48. The van der Waals surface area contributed by atoms with Gasteiger partial charge in [-0.3, -0.25) is 9.80 Å². The maximum atomic E-state index is 13.1. The molecule has 2 heterocycles. The number of amides is 2. The molecule has 0 unspecified atom stereocenters. The first-order valence-corrected chi connectivity index (χ1v) is 10.8. The standard InChI is InChI=1S/C25H30N4O/c1-27(2)25(19-8-5-4-6-9-19)15-13-24(14-16-25)18-29(23(30)26-24)22-11-7-10-21-20(22)12-17-28(21)3/h4-12,17H,13-16,18H2,1-3H3,(H,26,30). The van der Waals surface area contributed by atoms with Gasteiger partial charge in [-0.25, -0.2) is 4.79 Å². The topological polar surface area (TPSA) is 40.5 Å². The highest BCUT2D eigenvalue weighted by molar-refractivity contribution is 6.04. The van der Waals surface area contributed by atoms with Crippen molar-refractivity contribution in [3.8, 4) is 0 Å². The number of nitrogens with zero attached hydrogens (tertiary/aromatic N) is 3. The summed E-state index contributed by atoms with van der Waals surface area (Å²) in [6.07, 6.45) is 6.09. The molecule has 1 aliphatic carbocycles. The number of aryl methyl sites for hydroxylation is 1. The van der Waals surface area contributed by atoms with Gasteiger partial charge in [-0.2, -0.15) is 0 Å². The second-order valence-corrected chi connectivity index (χ2v) is 9.23. The van der Waals surface area contributed by atoms with E-state index in [0.29, 0.717) is 0 Å². The SMILES string of the molecule is CN(C)C1(c2ccccc2)CCC2(CC1)CN(c1cccc3c1ccn3C)C(=O)N2. The van der Waals surface area contributed by atoms with Crippen molar-refractivity contribution < 1.29 is 4.79 Å². The van der Waals surface area contributed by atoms with Gasteiger partial charge in [-0.05, 0) is 63.5 Å². The molecule has 1 aromatic heterocycles. The van der Waals surface area contributed by atoms with Crippen LogP contribution in [0.25, 0.3) is 10.9 Å². The van der Waals surface area contributed by atoms with Gasteiger partial charge in [-0.15, -0.1) is 0 Å². The Labute approximate surface area is 178 Å². The molecule has 2 aromatic carbocycles. The van der Waals surface area contributed by atoms with Crippen molar-refractivity contribution in [2.24, 2.45) is 7.05 Å². The zero-order valence-corrected chi connectivity index (χ0v) is 18.1. The molecule has 0 radical (unpaired) electrons. The van der Waals surface area contributed by atoms with E-state index in [9.17, 15) is 4.79 Å². The molecular weight excluding hydrogens is 372 g/mol. The van der Waals surface area contributed by atoms with E-state index in [2.05, 4.69) is 83.6 Å². The van der Waals surface area contributed by atoms with Gasteiger partial charge >= 0.3 is 6.03 Å². The zero-order valence-electron chi connectivity index (χ0n) is 18.1. The molecule has 1 aliphatic heterocycles. The number of hydrogen-bond acceptors (Lipinski definition) is 2. The van der Waals surface area contributed by atoms with Crippen LogP contribution in [0.1, 0.15) is 31.2 Å². The summed E-state index contributed by atoms with van der Waals surface area (Å²) in [6.45, 7) is 0.734. The van der Waals surface area contributed by atoms with E-state index in [0.717, 1.165) is 48.8 Å². The maximum Gasteiger partial charge on any atom is 0.322 e. The molecular formula is C25H30N4O. The summed E-state index contributed by atoms with van der Waals surface area (Å²) in [5.41, 5.74) is 3.42. The average molecular weight is 403 g/mol. The second-order valence-electron chi connectivity index (χ2n) is 9.23. The predicted octanol–water partition coefficient (Wildman–Crippen LogP) is 4.48. The van der Waals surface area contributed by atoms with Gasteiger partial charge in [-0.1, -0.05) is 36.4 Å². The molecule has 3 aromatic rings. The van der Waals surface area contributed by atoms with Gasteiger partial charge in [0.1, 0.15) is 0 Å². The average Bonchev–Trinajstić information content (AvgIpc) is 3.29. The predicted molar refractivity (Wildman–Crippen MR) is 122 cm³/mol. The Morgan fingerprint density at radius 1 is 0.933 bits per heavy atom. The van der Waals surface area contributed by atoms with Crippen LogP contribution in [-0.2, 0) is 12.6 Å². The van der Waals surface area contributed by atoms with Crippen molar-refractivity contribution in [2.45, 2.75) is 36.8 Å². The lowest BCUT2D eigenvalue weighted by molar-refractivity contribution is 0.0658. The fraction of sp³-hybridized carbons (Fsp3) is 0.400. The van der Waals surface area contributed by atoms with Gasteiger partial charge in [0.2, 0.25) is 0 Å². The summed E-state index contributed by atoms with van der Waals surface area (Å²) in [5.74, 6) is 0. The monoisotopic (exact) mass is 402 g/mol. The van der Waals surface area contributed by atoms with E-state index < -0.39 is 0 Å². The molecule has 1 saturated heterocycles. The number of benzene rings is 2. The summed E-state index contributed by atoms with van der Waals surface area (Å²) in [7, 11) is 6.41. The number of urea groups is 1. The number of fused-ring (bicyclic) bond motifs is 1. The smallest absolute Gasteiger partial charge is 0.322 e. The Kier molecular flexibility index (Phi) is 4.40. The number of hydrogen-bond donors (Lipinski definition) is 1. The molecule has 1 N–H and O–H groups in total. The lowest BCUT2D eigenvalue weighted by atomic mass is 9.69.